The first-order valence-corrected chi connectivity index (χ1v) is 8.18. The van der Waals surface area contributed by atoms with Crippen LogP contribution in [-0.2, 0) is 0 Å². The maximum atomic E-state index is 4.84. The molecule has 2 aromatic rings. The zero-order valence-electron chi connectivity index (χ0n) is 13.9. The van der Waals surface area contributed by atoms with Gasteiger partial charge in [0.15, 0.2) is 0 Å². The lowest BCUT2D eigenvalue weighted by atomic mass is 9.99. The van der Waals surface area contributed by atoms with Crippen LogP contribution in [0.1, 0.15) is 56.4 Å². The minimum absolute atomic E-state index is 0.326. The van der Waals surface area contributed by atoms with Crippen molar-refractivity contribution in [1.29, 1.82) is 0 Å². The monoisotopic (exact) mass is 299 g/mol. The number of aryl methyl sites for hydroxylation is 2. The van der Waals surface area contributed by atoms with E-state index in [4.69, 9.17) is 9.97 Å². The highest BCUT2D eigenvalue weighted by molar-refractivity contribution is 5.54. The quantitative estimate of drug-likeness (QED) is 0.943. The van der Waals surface area contributed by atoms with Gasteiger partial charge >= 0.3 is 0 Å². The van der Waals surface area contributed by atoms with Gasteiger partial charge in [-0.3, -0.25) is 10.00 Å². The van der Waals surface area contributed by atoms with Crippen molar-refractivity contribution in [1.82, 2.24) is 25.1 Å². The Hall–Kier alpha value is -1.75. The third-order valence-corrected chi connectivity index (χ3v) is 4.35. The highest BCUT2D eigenvalue weighted by atomic mass is 15.2. The Bertz CT molecular complexity index is 646. The van der Waals surface area contributed by atoms with Gasteiger partial charge in [-0.1, -0.05) is 6.42 Å². The molecule has 118 valence electrons. The molecule has 1 N–H and O–H groups in total. The maximum Gasteiger partial charge on any atom is 0.146 e. The lowest BCUT2D eigenvalue weighted by Crippen LogP contribution is -2.39. The Morgan fingerprint density at radius 3 is 2.64 bits per heavy atom. The average molecular weight is 299 g/mol. The van der Waals surface area contributed by atoms with Crippen molar-refractivity contribution < 1.29 is 0 Å². The van der Waals surface area contributed by atoms with Crippen molar-refractivity contribution in [3.63, 3.8) is 0 Å². The number of rotatable bonds is 3. The molecule has 1 atom stereocenters. The molecule has 3 heterocycles. The second kappa shape index (κ2) is 6.16. The van der Waals surface area contributed by atoms with Gasteiger partial charge in [-0.2, -0.15) is 5.10 Å². The molecule has 1 saturated heterocycles. The van der Waals surface area contributed by atoms with Gasteiger partial charge in [-0.25, -0.2) is 9.97 Å². The molecule has 1 aliphatic rings. The molecule has 0 saturated carbocycles. The van der Waals surface area contributed by atoms with E-state index in [1.54, 1.807) is 0 Å². The topological polar surface area (TPSA) is 57.7 Å². The van der Waals surface area contributed by atoms with Gasteiger partial charge in [0.2, 0.25) is 0 Å². The maximum absolute atomic E-state index is 4.84. The van der Waals surface area contributed by atoms with Crippen LogP contribution in [0.5, 0.6) is 0 Å². The van der Waals surface area contributed by atoms with Crippen LogP contribution >= 0.6 is 0 Å². The van der Waals surface area contributed by atoms with Crippen LogP contribution in [0.25, 0.3) is 11.4 Å². The zero-order valence-corrected chi connectivity index (χ0v) is 13.9. The first kappa shape index (κ1) is 15.2. The third-order valence-electron chi connectivity index (χ3n) is 4.35. The summed E-state index contributed by atoms with van der Waals surface area (Å²) in [5.74, 6) is 0.948. The normalized spacial score (nSPS) is 19.8. The summed E-state index contributed by atoms with van der Waals surface area (Å²) in [7, 11) is 0. The molecule has 1 aliphatic heterocycles. The molecule has 0 unspecified atom stereocenters. The number of aromatic amines is 1. The van der Waals surface area contributed by atoms with Gasteiger partial charge in [-0.05, 0) is 59.2 Å². The molecule has 2 aromatic heterocycles. The summed E-state index contributed by atoms with van der Waals surface area (Å²) >= 11 is 0. The molecule has 1 fully saturated rings. The standard InChI is InChI=1S/C17H25N5/c1-11(2)22-8-6-5-7-16(22)17-18-12(3)9-14(19-17)15-10-13(4)20-21-15/h9-11,16H,5-8H2,1-4H3,(H,20,21)/t16-/m1/s1. The number of H-pyrrole nitrogens is 1. The van der Waals surface area contributed by atoms with Crippen LogP contribution < -0.4 is 0 Å². The first-order chi connectivity index (χ1) is 10.5. The lowest BCUT2D eigenvalue weighted by molar-refractivity contribution is 0.106. The molecular weight excluding hydrogens is 274 g/mol. The van der Waals surface area contributed by atoms with Crippen LogP contribution in [0.2, 0.25) is 0 Å². The van der Waals surface area contributed by atoms with Gasteiger partial charge in [0.05, 0.1) is 11.7 Å². The second-order valence-corrected chi connectivity index (χ2v) is 6.53. The Morgan fingerprint density at radius 2 is 1.95 bits per heavy atom. The van der Waals surface area contributed by atoms with Crippen molar-refractivity contribution in [2.45, 2.75) is 59.0 Å². The molecule has 0 radical (unpaired) electrons. The largest absolute Gasteiger partial charge is 0.291 e. The zero-order chi connectivity index (χ0) is 15.7. The minimum Gasteiger partial charge on any atom is -0.291 e. The molecule has 0 bridgehead atoms. The number of nitrogens with zero attached hydrogens (tertiary/aromatic N) is 4. The highest BCUT2D eigenvalue weighted by Gasteiger charge is 2.28. The molecule has 3 rings (SSSR count). The van der Waals surface area contributed by atoms with Crippen molar-refractivity contribution in [3.05, 3.63) is 29.3 Å². The fourth-order valence-electron chi connectivity index (χ4n) is 3.27. The van der Waals surface area contributed by atoms with E-state index in [9.17, 15) is 0 Å². The molecular formula is C17H25N5. The van der Waals surface area contributed by atoms with Crippen LogP contribution in [0.3, 0.4) is 0 Å². The van der Waals surface area contributed by atoms with Gasteiger partial charge < -0.3 is 0 Å². The van der Waals surface area contributed by atoms with Crippen molar-refractivity contribution in [3.8, 4) is 11.4 Å². The third kappa shape index (κ3) is 3.04. The Labute approximate surface area is 132 Å². The SMILES string of the molecule is Cc1cc(-c2cc(C)[nH]n2)nc([C@H]2CCCCN2C(C)C)n1. The lowest BCUT2D eigenvalue weighted by Gasteiger charge is -2.37. The second-order valence-electron chi connectivity index (χ2n) is 6.53. The highest BCUT2D eigenvalue weighted by Crippen LogP contribution is 2.31. The smallest absolute Gasteiger partial charge is 0.146 e. The summed E-state index contributed by atoms with van der Waals surface area (Å²) in [6.45, 7) is 9.69. The van der Waals surface area contributed by atoms with E-state index in [2.05, 4.69) is 28.9 Å². The predicted molar refractivity (Wildman–Crippen MR) is 87.5 cm³/mol. The molecule has 0 spiro atoms. The minimum atomic E-state index is 0.326. The van der Waals surface area contributed by atoms with E-state index in [1.807, 2.05) is 26.0 Å². The molecule has 0 amide bonds. The summed E-state index contributed by atoms with van der Waals surface area (Å²) in [6, 6.07) is 4.90. The van der Waals surface area contributed by atoms with E-state index in [-0.39, 0.29) is 0 Å². The Balaban J connectivity index is 1.98. The summed E-state index contributed by atoms with van der Waals surface area (Å²) in [6.07, 6.45) is 3.66. The number of hydrogen-bond acceptors (Lipinski definition) is 4. The van der Waals surface area contributed by atoms with Crippen LogP contribution in [0.4, 0.5) is 0 Å². The van der Waals surface area contributed by atoms with Gasteiger partial charge in [-0.15, -0.1) is 0 Å². The number of hydrogen-bond donors (Lipinski definition) is 1. The van der Waals surface area contributed by atoms with E-state index in [0.717, 1.165) is 41.6 Å². The van der Waals surface area contributed by atoms with E-state index in [1.165, 1.54) is 12.8 Å². The van der Waals surface area contributed by atoms with Crippen LogP contribution in [0, 0.1) is 13.8 Å². The van der Waals surface area contributed by atoms with Crippen molar-refractivity contribution in [2.75, 3.05) is 6.54 Å². The molecule has 5 nitrogen and oxygen atoms in total. The van der Waals surface area contributed by atoms with Crippen LogP contribution in [0.15, 0.2) is 12.1 Å². The van der Waals surface area contributed by atoms with Crippen LogP contribution in [-0.4, -0.2) is 37.7 Å². The van der Waals surface area contributed by atoms with Gasteiger partial charge in [0.1, 0.15) is 11.5 Å². The summed E-state index contributed by atoms with van der Waals surface area (Å²) in [5.41, 5.74) is 3.88. The number of aromatic nitrogens is 4. The summed E-state index contributed by atoms with van der Waals surface area (Å²) < 4.78 is 0. The molecule has 0 aliphatic carbocycles. The predicted octanol–water partition coefficient (Wildman–Crippen LogP) is 3.42. The number of nitrogens with one attached hydrogen (secondary N) is 1. The molecule has 22 heavy (non-hydrogen) atoms. The van der Waals surface area contributed by atoms with E-state index in [0.29, 0.717) is 12.1 Å². The summed E-state index contributed by atoms with van der Waals surface area (Å²) in [5, 5.41) is 7.33. The summed E-state index contributed by atoms with van der Waals surface area (Å²) in [4.78, 5) is 12.1. The van der Waals surface area contributed by atoms with E-state index < -0.39 is 0 Å². The Kier molecular flexibility index (Phi) is 4.25. The average Bonchev–Trinajstić information content (AvgIpc) is 2.93. The molecule has 0 aromatic carbocycles. The van der Waals surface area contributed by atoms with Crippen molar-refractivity contribution in [2.24, 2.45) is 0 Å². The van der Waals surface area contributed by atoms with Gasteiger partial charge in [0, 0.05) is 17.4 Å². The Morgan fingerprint density at radius 1 is 1.14 bits per heavy atom. The van der Waals surface area contributed by atoms with Crippen molar-refractivity contribution >= 4 is 0 Å². The fourth-order valence-corrected chi connectivity index (χ4v) is 3.27. The van der Waals surface area contributed by atoms with E-state index >= 15 is 0 Å². The number of piperidine rings is 1. The van der Waals surface area contributed by atoms with Gasteiger partial charge in [0.25, 0.3) is 0 Å². The fraction of sp³-hybridized carbons (Fsp3) is 0.588. The first-order valence-electron chi connectivity index (χ1n) is 8.18. The molecule has 5 heteroatoms. The number of likely N-dealkylation sites (tertiary alicyclic amines) is 1.